The minimum absolute atomic E-state index is 0.0888. The molecule has 5 rings (SSSR count). The van der Waals surface area contributed by atoms with E-state index in [4.69, 9.17) is 0 Å². The highest BCUT2D eigenvalue weighted by Gasteiger charge is 2.71. The van der Waals surface area contributed by atoms with Gasteiger partial charge in [0.2, 0.25) is 0 Å². The van der Waals surface area contributed by atoms with Crippen LogP contribution in [0.5, 0.6) is 0 Å². The Hall–Kier alpha value is -0.950. The lowest BCUT2D eigenvalue weighted by molar-refractivity contribution is -0.245. The van der Waals surface area contributed by atoms with E-state index in [9.17, 15) is 30.3 Å². The fraction of sp³-hybridized carbons (Fsp3) is 0.900. The number of carboxylic acid groups (broad SMARTS) is 1. The van der Waals surface area contributed by atoms with E-state index in [1.54, 1.807) is 0 Å². The molecule has 0 unspecified atom stereocenters. The van der Waals surface area contributed by atoms with Gasteiger partial charge < -0.3 is 25.5 Å². The summed E-state index contributed by atoms with van der Waals surface area (Å²) < 4.78 is 0. The number of fused-ring (bicyclic) bond motifs is 7. The highest BCUT2D eigenvalue weighted by molar-refractivity contribution is 5.77. The Morgan fingerprint density at radius 2 is 1.56 bits per heavy atom. The largest absolute Gasteiger partial charge is 0.481 e. The normalized spacial score (nSPS) is 55.9. The van der Waals surface area contributed by atoms with Gasteiger partial charge in [-0.2, -0.15) is 0 Å². The molecule has 4 fully saturated rings. The molecule has 4 saturated carbocycles. The van der Waals surface area contributed by atoms with Crippen molar-refractivity contribution in [3.8, 4) is 0 Å². The van der Waals surface area contributed by atoms with Gasteiger partial charge in [0, 0.05) is 11.3 Å². The molecular weight excluding hydrogens is 456 g/mol. The smallest absolute Gasteiger partial charge is 0.310 e. The van der Waals surface area contributed by atoms with Crippen molar-refractivity contribution in [3.05, 3.63) is 11.6 Å². The minimum atomic E-state index is -0.944. The van der Waals surface area contributed by atoms with Crippen molar-refractivity contribution in [1.82, 2.24) is 0 Å². The Bertz CT molecular complexity index is 974. The van der Waals surface area contributed by atoms with Crippen molar-refractivity contribution in [2.24, 2.45) is 50.2 Å². The van der Waals surface area contributed by atoms with Crippen LogP contribution in [-0.2, 0) is 4.79 Å². The zero-order chi connectivity index (χ0) is 26.7. The predicted molar refractivity (Wildman–Crippen MR) is 137 cm³/mol. The first-order valence-electron chi connectivity index (χ1n) is 14.1. The maximum absolute atomic E-state index is 12.8. The van der Waals surface area contributed by atoms with Gasteiger partial charge in [0.25, 0.3) is 0 Å². The van der Waals surface area contributed by atoms with E-state index in [0.29, 0.717) is 25.7 Å². The van der Waals surface area contributed by atoms with Gasteiger partial charge in [-0.05, 0) is 84.9 Å². The van der Waals surface area contributed by atoms with Crippen LogP contribution in [0.25, 0.3) is 0 Å². The number of carboxylic acids is 1. The molecule has 36 heavy (non-hydrogen) atoms. The fourth-order valence-corrected chi connectivity index (χ4v) is 10.8. The third-order valence-electron chi connectivity index (χ3n) is 13.4. The van der Waals surface area contributed by atoms with Gasteiger partial charge in [-0.1, -0.05) is 53.2 Å². The summed E-state index contributed by atoms with van der Waals surface area (Å²) in [5, 5.41) is 54.5. The molecule has 0 spiro atoms. The van der Waals surface area contributed by atoms with Crippen molar-refractivity contribution in [2.45, 2.75) is 111 Å². The molecule has 0 heterocycles. The maximum atomic E-state index is 12.8. The van der Waals surface area contributed by atoms with Gasteiger partial charge in [-0.15, -0.1) is 0 Å². The molecule has 0 saturated heterocycles. The average Bonchev–Trinajstić information content (AvgIpc) is 2.80. The standard InChI is InChI=1S/C30H48O6/c1-25(2)11-13-30(24(35)36)14-12-28(5)17(21(30)23(25)34)7-8-20-26(3)15-18(32)22(33)27(4,16-31)19(26)9-10-29(20,28)6/h7,18-23,31-34H,8-16H2,1-6H3,(H,35,36)/t18-,19+,20+,21+,22-,23-,26-,27-,28+,29+,30-/m0/s1. The molecular formula is C30H48O6. The second-order valence-corrected chi connectivity index (χ2v) is 15.0. The summed E-state index contributed by atoms with van der Waals surface area (Å²) in [6.07, 6.45) is 5.48. The molecule has 0 radical (unpaired) electrons. The van der Waals surface area contributed by atoms with Crippen molar-refractivity contribution < 1.29 is 30.3 Å². The molecule has 0 aromatic carbocycles. The summed E-state index contributed by atoms with van der Waals surface area (Å²) in [6.45, 7) is 12.9. The van der Waals surface area contributed by atoms with E-state index >= 15 is 0 Å². The lowest BCUT2D eigenvalue weighted by Gasteiger charge is -2.71. The fourth-order valence-electron chi connectivity index (χ4n) is 10.8. The number of aliphatic hydroxyl groups is 4. The van der Waals surface area contributed by atoms with E-state index < -0.39 is 35.1 Å². The minimum Gasteiger partial charge on any atom is -0.481 e. The molecule has 0 bridgehead atoms. The molecule has 6 heteroatoms. The summed E-state index contributed by atoms with van der Waals surface area (Å²) in [7, 11) is 0. The Balaban J connectivity index is 1.63. The van der Waals surface area contributed by atoms with Crippen LogP contribution in [-0.4, -0.2) is 56.4 Å². The molecule has 5 aliphatic rings. The Labute approximate surface area is 216 Å². The van der Waals surface area contributed by atoms with Gasteiger partial charge in [0.05, 0.1) is 30.3 Å². The van der Waals surface area contributed by atoms with Gasteiger partial charge in [-0.3, -0.25) is 4.79 Å². The molecule has 204 valence electrons. The highest BCUT2D eigenvalue weighted by atomic mass is 16.4. The second kappa shape index (κ2) is 7.80. The van der Waals surface area contributed by atoms with Gasteiger partial charge in [-0.25, -0.2) is 0 Å². The van der Waals surface area contributed by atoms with Gasteiger partial charge >= 0.3 is 5.97 Å². The number of hydrogen-bond donors (Lipinski definition) is 5. The summed E-state index contributed by atoms with van der Waals surface area (Å²) in [6, 6.07) is 0. The van der Waals surface area contributed by atoms with Crippen LogP contribution in [0.1, 0.15) is 92.9 Å². The van der Waals surface area contributed by atoms with Crippen LogP contribution in [0.2, 0.25) is 0 Å². The van der Waals surface area contributed by atoms with E-state index in [2.05, 4.69) is 40.7 Å². The van der Waals surface area contributed by atoms with Gasteiger partial charge in [0.1, 0.15) is 0 Å². The Morgan fingerprint density at radius 1 is 0.917 bits per heavy atom. The van der Waals surface area contributed by atoms with Crippen molar-refractivity contribution in [1.29, 1.82) is 0 Å². The van der Waals surface area contributed by atoms with Crippen LogP contribution < -0.4 is 0 Å². The first-order chi connectivity index (χ1) is 16.5. The molecule has 0 aromatic heterocycles. The highest BCUT2D eigenvalue weighted by Crippen LogP contribution is 2.75. The van der Waals surface area contributed by atoms with E-state index in [1.165, 1.54) is 0 Å². The predicted octanol–water partition coefficient (Wildman–Crippen LogP) is 4.15. The number of aliphatic hydroxyl groups excluding tert-OH is 4. The van der Waals surface area contributed by atoms with Crippen molar-refractivity contribution in [3.63, 3.8) is 0 Å². The third kappa shape index (κ3) is 2.96. The molecule has 5 aliphatic carbocycles. The second-order valence-electron chi connectivity index (χ2n) is 15.0. The van der Waals surface area contributed by atoms with Gasteiger partial charge in [0.15, 0.2) is 0 Å². The maximum Gasteiger partial charge on any atom is 0.310 e. The van der Waals surface area contributed by atoms with Crippen LogP contribution >= 0.6 is 0 Å². The number of rotatable bonds is 2. The molecule has 0 aromatic rings. The zero-order valence-corrected chi connectivity index (χ0v) is 23.0. The number of hydrogen-bond acceptors (Lipinski definition) is 5. The third-order valence-corrected chi connectivity index (χ3v) is 13.4. The summed E-state index contributed by atoms with van der Waals surface area (Å²) in [4.78, 5) is 12.8. The molecule has 0 aliphatic heterocycles. The summed E-state index contributed by atoms with van der Waals surface area (Å²) in [5.74, 6) is -0.833. The zero-order valence-electron chi connectivity index (χ0n) is 23.0. The SMILES string of the molecule is CC1(C)CC[C@]2(C(=O)O)CC[C@]3(C)C(=CC[C@@H]4[C@@]5(C)C[C@H](O)[C@H](O)[C@@](C)(CO)[C@@H]5CC[C@]43C)[C@@H]2[C@@H]1O. The average molecular weight is 505 g/mol. The van der Waals surface area contributed by atoms with E-state index in [-0.39, 0.29) is 46.0 Å². The van der Waals surface area contributed by atoms with Crippen LogP contribution in [0, 0.1) is 50.2 Å². The monoisotopic (exact) mass is 504 g/mol. The number of carbonyl (C=O) groups is 1. The van der Waals surface area contributed by atoms with Crippen molar-refractivity contribution >= 4 is 5.97 Å². The number of aliphatic carboxylic acids is 1. The number of allylic oxidation sites excluding steroid dienone is 1. The molecule has 0 amide bonds. The summed E-state index contributed by atoms with van der Waals surface area (Å²) >= 11 is 0. The van der Waals surface area contributed by atoms with E-state index in [0.717, 1.165) is 31.3 Å². The molecule has 5 N–H and O–H groups in total. The van der Waals surface area contributed by atoms with Crippen molar-refractivity contribution in [2.75, 3.05) is 6.61 Å². The van der Waals surface area contributed by atoms with Crippen LogP contribution in [0.3, 0.4) is 0 Å². The topological polar surface area (TPSA) is 118 Å². The first-order valence-corrected chi connectivity index (χ1v) is 14.1. The molecule has 6 nitrogen and oxygen atoms in total. The van der Waals surface area contributed by atoms with E-state index in [1.807, 2.05) is 6.92 Å². The quantitative estimate of drug-likeness (QED) is 0.361. The van der Waals surface area contributed by atoms with Crippen LogP contribution in [0.4, 0.5) is 0 Å². The Kier molecular flexibility index (Phi) is 5.77. The van der Waals surface area contributed by atoms with Crippen LogP contribution in [0.15, 0.2) is 11.6 Å². The molecule has 11 atom stereocenters. The lowest BCUT2D eigenvalue weighted by Crippen LogP contribution is -2.69. The summed E-state index contributed by atoms with van der Waals surface area (Å²) in [5.41, 5.74) is -1.50. The first kappa shape index (κ1) is 26.6. The lowest BCUT2D eigenvalue weighted by atomic mass is 9.33. The Morgan fingerprint density at radius 3 is 2.17 bits per heavy atom.